The van der Waals surface area contributed by atoms with E-state index in [1.807, 2.05) is 48.5 Å². The van der Waals surface area contributed by atoms with Gasteiger partial charge in [-0.25, -0.2) is 4.40 Å². The van der Waals surface area contributed by atoms with Gasteiger partial charge >= 0.3 is 0 Å². The molecule has 0 aliphatic carbocycles. The number of thiol groups is 1. The third-order valence-corrected chi connectivity index (χ3v) is 2.80. The van der Waals surface area contributed by atoms with Gasteiger partial charge in [0.25, 0.3) is 0 Å². The first-order chi connectivity index (χ1) is 9.81. The van der Waals surface area contributed by atoms with Crippen LogP contribution in [0.1, 0.15) is 16.7 Å². The molecule has 20 heavy (non-hydrogen) atoms. The molecule has 0 bridgehead atoms. The van der Waals surface area contributed by atoms with Crippen LogP contribution in [0.15, 0.2) is 57.9 Å². The Balaban J connectivity index is 2.17. The molecule has 102 valence electrons. The molecule has 0 aromatic heterocycles. The molecular formula is C16H16N2OS. The first-order valence-corrected chi connectivity index (χ1v) is 6.63. The quantitative estimate of drug-likeness (QED) is 0.661. The average Bonchev–Trinajstić information content (AvgIpc) is 2.47. The minimum absolute atomic E-state index is 0.533. The summed E-state index contributed by atoms with van der Waals surface area (Å²) in [5.74, 6) is 0.787. The topological polar surface area (TPSA) is 34.0 Å². The molecule has 3 nitrogen and oxygen atoms in total. The summed E-state index contributed by atoms with van der Waals surface area (Å²) >= 11 is 3.86. The minimum Gasteiger partial charge on any atom is -0.489 e. The number of rotatable bonds is 5. The number of nitrogens with zero attached hydrogens (tertiary/aromatic N) is 2. The SMILES string of the molecule is CN=Cc1cc(/C=N/S)cc(OCc2ccccc2)c1. The van der Waals surface area contributed by atoms with Crippen molar-refractivity contribution in [2.45, 2.75) is 6.61 Å². The Labute approximate surface area is 124 Å². The Bertz CT molecular complexity index is 579. The zero-order valence-electron chi connectivity index (χ0n) is 11.2. The largest absolute Gasteiger partial charge is 0.489 e. The lowest BCUT2D eigenvalue weighted by molar-refractivity contribution is 0.306. The molecule has 0 aliphatic heterocycles. The van der Waals surface area contributed by atoms with Gasteiger partial charge in [-0.1, -0.05) is 30.3 Å². The zero-order valence-corrected chi connectivity index (χ0v) is 12.1. The Kier molecular flexibility index (Phi) is 5.38. The van der Waals surface area contributed by atoms with Crippen molar-refractivity contribution in [3.63, 3.8) is 0 Å². The van der Waals surface area contributed by atoms with Gasteiger partial charge in [-0.3, -0.25) is 4.99 Å². The smallest absolute Gasteiger partial charge is 0.121 e. The van der Waals surface area contributed by atoms with Gasteiger partial charge in [0, 0.05) is 19.5 Å². The molecule has 0 fully saturated rings. The summed E-state index contributed by atoms with van der Waals surface area (Å²) in [6.07, 6.45) is 3.46. The summed E-state index contributed by atoms with van der Waals surface area (Å²) in [5.41, 5.74) is 3.04. The molecule has 0 atom stereocenters. The van der Waals surface area contributed by atoms with Crippen molar-refractivity contribution < 1.29 is 4.74 Å². The van der Waals surface area contributed by atoms with E-state index in [0.29, 0.717) is 6.61 Å². The Hall–Kier alpha value is -2.07. The highest BCUT2D eigenvalue weighted by molar-refractivity contribution is 7.79. The fourth-order valence-electron chi connectivity index (χ4n) is 1.84. The molecule has 0 amide bonds. The van der Waals surface area contributed by atoms with Crippen molar-refractivity contribution in [1.82, 2.24) is 0 Å². The molecular weight excluding hydrogens is 268 g/mol. The molecule has 2 rings (SSSR count). The predicted molar refractivity (Wildman–Crippen MR) is 87.3 cm³/mol. The van der Waals surface area contributed by atoms with Crippen LogP contribution in [0.4, 0.5) is 0 Å². The van der Waals surface area contributed by atoms with E-state index >= 15 is 0 Å². The van der Waals surface area contributed by atoms with Crippen LogP contribution in [-0.4, -0.2) is 19.5 Å². The van der Waals surface area contributed by atoms with Gasteiger partial charge in [0.2, 0.25) is 0 Å². The fraction of sp³-hybridized carbons (Fsp3) is 0.125. The van der Waals surface area contributed by atoms with Crippen molar-refractivity contribution >= 4 is 25.2 Å². The minimum atomic E-state index is 0.533. The summed E-state index contributed by atoms with van der Waals surface area (Å²) < 4.78 is 9.55. The molecule has 0 spiro atoms. The third kappa shape index (κ3) is 4.24. The summed E-state index contributed by atoms with van der Waals surface area (Å²) in [6, 6.07) is 15.9. The Morgan fingerprint density at radius 3 is 2.40 bits per heavy atom. The van der Waals surface area contributed by atoms with E-state index in [2.05, 4.69) is 22.2 Å². The van der Waals surface area contributed by atoms with Gasteiger partial charge in [-0.15, -0.1) is 0 Å². The van der Waals surface area contributed by atoms with E-state index in [9.17, 15) is 0 Å². The second-order valence-corrected chi connectivity index (χ2v) is 4.47. The maximum absolute atomic E-state index is 5.82. The van der Waals surface area contributed by atoms with Crippen LogP contribution in [0.25, 0.3) is 0 Å². The molecule has 0 aliphatic rings. The molecule has 0 saturated carbocycles. The van der Waals surface area contributed by atoms with Gasteiger partial charge in [0.05, 0.1) is 0 Å². The summed E-state index contributed by atoms with van der Waals surface area (Å²) in [7, 11) is 1.74. The van der Waals surface area contributed by atoms with Crippen LogP contribution in [0.3, 0.4) is 0 Å². The number of aliphatic imine (C=N–C) groups is 1. The average molecular weight is 284 g/mol. The normalized spacial score (nSPS) is 11.3. The molecule has 0 radical (unpaired) electrons. The number of hydrogen-bond donors (Lipinski definition) is 1. The number of ether oxygens (including phenoxy) is 1. The monoisotopic (exact) mass is 284 g/mol. The summed E-state index contributed by atoms with van der Waals surface area (Å²) in [4.78, 5) is 4.02. The highest BCUT2D eigenvalue weighted by atomic mass is 32.1. The molecule has 2 aromatic carbocycles. The van der Waals surface area contributed by atoms with Crippen molar-refractivity contribution in [3.8, 4) is 5.75 Å². The Morgan fingerprint density at radius 1 is 1.05 bits per heavy atom. The lowest BCUT2D eigenvalue weighted by Crippen LogP contribution is -1.97. The van der Waals surface area contributed by atoms with Gasteiger partial charge in [-0.05, 0) is 47.7 Å². The number of benzene rings is 2. The molecule has 0 N–H and O–H groups in total. The van der Waals surface area contributed by atoms with Crippen LogP contribution >= 0.6 is 12.8 Å². The van der Waals surface area contributed by atoms with E-state index in [0.717, 1.165) is 22.4 Å². The van der Waals surface area contributed by atoms with Gasteiger partial charge in [0.1, 0.15) is 12.4 Å². The lowest BCUT2D eigenvalue weighted by atomic mass is 10.1. The summed E-state index contributed by atoms with van der Waals surface area (Å²) in [6.45, 7) is 0.533. The molecule has 0 unspecified atom stereocenters. The van der Waals surface area contributed by atoms with Gasteiger partial charge < -0.3 is 4.74 Å². The molecule has 4 heteroatoms. The van der Waals surface area contributed by atoms with Crippen molar-refractivity contribution in [2.24, 2.45) is 9.39 Å². The highest BCUT2D eigenvalue weighted by Gasteiger charge is 2.00. The Morgan fingerprint density at radius 2 is 1.75 bits per heavy atom. The maximum atomic E-state index is 5.82. The van der Waals surface area contributed by atoms with E-state index in [1.54, 1.807) is 19.5 Å². The molecule has 2 aromatic rings. The first-order valence-electron chi connectivity index (χ1n) is 6.23. The van der Waals surface area contributed by atoms with Crippen LogP contribution in [0.2, 0.25) is 0 Å². The van der Waals surface area contributed by atoms with Crippen LogP contribution in [-0.2, 0) is 6.61 Å². The van der Waals surface area contributed by atoms with E-state index in [-0.39, 0.29) is 0 Å². The highest BCUT2D eigenvalue weighted by Crippen LogP contribution is 2.17. The zero-order chi connectivity index (χ0) is 14.2. The van der Waals surface area contributed by atoms with E-state index in [1.165, 1.54) is 0 Å². The predicted octanol–water partition coefficient (Wildman–Crippen LogP) is 3.58. The third-order valence-electron chi connectivity index (χ3n) is 2.68. The standard InChI is InChI=1S/C16H16N2OS/c1-17-10-14-7-15(11-18-20)9-16(8-14)19-12-13-5-3-2-4-6-13/h2-11,20H,12H2,1H3/b17-10?,18-11+. The van der Waals surface area contributed by atoms with Gasteiger partial charge in [-0.2, -0.15) is 0 Å². The van der Waals surface area contributed by atoms with Crippen LogP contribution < -0.4 is 4.74 Å². The lowest BCUT2D eigenvalue weighted by Gasteiger charge is -2.08. The second kappa shape index (κ2) is 7.50. The van der Waals surface area contributed by atoms with Crippen molar-refractivity contribution in [1.29, 1.82) is 0 Å². The van der Waals surface area contributed by atoms with E-state index < -0.39 is 0 Å². The maximum Gasteiger partial charge on any atom is 0.121 e. The van der Waals surface area contributed by atoms with Crippen molar-refractivity contribution in [2.75, 3.05) is 7.05 Å². The second-order valence-electron chi connectivity index (χ2n) is 4.24. The van der Waals surface area contributed by atoms with Crippen LogP contribution in [0.5, 0.6) is 5.75 Å². The van der Waals surface area contributed by atoms with Crippen LogP contribution in [0, 0.1) is 0 Å². The van der Waals surface area contributed by atoms with E-state index in [4.69, 9.17) is 4.74 Å². The molecule has 0 saturated heterocycles. The van der Waals surface area contributed by atoms with Crippen molar-refractivity contribution in [3.05, 3.63) is 65.2 Å². The summed E-state index contributed by atoms with van der Waals surface area (Å²) in [5, 5.41) is 0. The fourth-order valence-corrected chi connectivity index (χ4v) is 1.97. The first kappa shape index (κ1) is 14.3. The molecule has 0 heterocycles. The van der Waals surface area contributed by atoms with Gasteiger partial charge in [0.15, 0.2) is 0 Å². The number of hydrogen-bond acceptors (Lipinski definition) is 4.